The molecule has 1 N–H and O–H groups in total. The molecule has 0 aliphatic heterocycles. The second kappa shape index (κ2) is 9.63. The average Bonchev–Trinajstić information content (AvgIpc) is 3.22. The van der Waals surface area contributed by atoms with Gasteiger partial charge in [0.15, 0.2) is 12.4 Å². The Kier molecular flexibility index (Phi) is 6.93. The SMILES string of the molecule is CC(=O)c1ccc(S(=O)(=O)NCCC(=O)OCc2nc(-c3ccc(C)cc3)no2)cc1. The van der Waals surface area contributed by atoms with Gasteiger partial charge in [0.1, 0.15) is 0 Å². The highest BCUT2D eigenvalue weighted by Crippen LogP contribution is 2.16. The molecule has 0 unspecified atom stereocenters. The number of carbonyl (C=O) groups excluding carboxylic acids is 2. The van der Waals surface area contributed by atoms with Crippen molar-refractivity contribution in [2.75, 3.05) is 6.54 Å². The van der Waals surface area contributed by atoms with Crippen LogP contribution < -0.4 is 4.72 Å². The third-order valence-electron chi connectivity index (χ3n) is 4.33. The van der Waals surface area contributed by atoms with Gasteiger partial charge in [-0.1, -0.05) is 47.1 Å². The van der Waals surface area contributed by atoms with Crippen molar-refractivity contribution in [1.29, 1.82) is 0 Å². The molecule has 0 radical (unpaired) electrons. The minimum Gasteiger partial charge on any atom is -0.456 e. The highest BCUT2D eigenvalue weighted by molar-refractivity contribution is 7.89. The number of ketones is 1. The van der Waals surface area contributed by atoms with E-state index in [1.165, 1.54) is 31.2 Å². The van der Waals surface area contributed by atoms with E-state index in [2.05, 4.69) is 14.9 Å². The second-order valence-corrected chi connectivity index (χ2v) is 8.53. The summed E-state index contributed by atoms with van der Waals surface area (Å²) in [7, 11) is -3.81. The van der Waals surface area contributed by atoms with Crippen LogP contribution in [-0.2, 0) is 26.2 Å². The van der Waals surface area contributed by atoms with Gasteiger partial charge in [-0.05, 0) is 26.0 Å². The van der Waals surface area contributed by atoms with E-state index in [1.807, 2.05) is 31.2 Å². The van der Waals surface area contributed by atoms with E-state index in [1.54, 1.807) is 0 Å². The first-order valence-corrected chi connectivity index (χ1v) is 10.9. The third-order valence-corrected chi connectivity index (χ3v) is 5.80. The fourth-order valence-corrected chi connectivity index (χ4v) is 3.62. The zero-order valence-electron chi connectivity index (χ0n) is 17.0. The summed E-state index contributed by atoms with van der Waals surface area (Å²) in [4.78, 5) is 27.3. The molecular weight excluding hydrogens is 422 g/mol. The van der Waals surface area contributed by atoms with E-state index in [-0.39, 0.29) is 36.1 Å². The predicted molar refractivity (Wildman–Crippen MR) is 111 cm³/mol. The van der Waals surface area contributed by atoms with Gasteiger partial charge in [0, 0.05) is 17.7 Å². The lowest BCUT2D eigenvalue weighted by atomic mass is 10.1. The van der Waals surface area contributed by atoms with Gasteiger partial charge in [0.25, 0.3) is 5.89 Å². The fraction of sp³-hybridized carbons (Fsp3) is 0.238. The summed E-state index contributed by atoms with van der Waals surface area (Å²) in [5.41, 5.74) is 2.29. The number of nitrogens with one attached hydrogen (secondary N) is 1. The van der Waals surface area contributed by atoms with Crippen LogP contribution in [0.25, 0.3) is 11.4 Å². The first-order valence-electron chi connectivity index (χ1n) is 9.40. The number of esters is 1. The molecular formula is C21H21N3O6S. The summed E-state index contributed by atoms with van der Waals surface area (Å²) in [6.45, 7) is 3.01. The Labute approximate surface area is 179 Å². The summed E-state index contributed by atoms with van der Waals surface area (Å²) in [6, 6.07) is 13.1. The molecule has 3 rings (SSSR count). The Balaban J connectivity index is 1.46. The molecule has 0 saturated heterocycles. The van der Waals surface area contributed by atoms with Crippen molar-refractivity contribution in [3.63, 3.8) is 0 Å². The van der Waals surface area contributed by atoms with Crippen molar-refractivity contribution >= 4 is 21.8 Å². The Morgan fingerprint density at radius 1 is 1.06 bits per heavy atom. The molecule has 31 heavy (non-hydrogen) atoms. The van der Waals surface area contributed by atoms with Gasteiger partial charge in [-0.15, -0.1) is 0 Å². The topological polar surface area (TPSA) is 128 Å². The van der Waals surface area contributed by atoms with E-state index in [4.69, 9.17) is 9.26 Å². The minimum absolute atomic E-state index is 0.000336. The normalized spacial score (nSPS) is 11.3. The van der Waals surface area contributed by atoms with Crippen LogP contribution >= 0.6 is 0 Å². The number of sulfonamides is 1. The summed E-state index contributed by atoms with van der Waals surface area (Å²) < 4.78 is 36.9. The molecule has 0 aliphatic carbocycles. The number of aromatic nitrogens is 2. The van der Waals surface area contributed by atoms with Gasteiger partial charge >= 0.3 is 5.97 Å². The van der Waals surface area contributed by atoms with Crippen molar-refractivity contribution in [2.45, 2.75) is 31.8 Å². The molecule has 0 spiro atoms. The predicted octanol–water partition coefficient (Wildman–Crippen LogP) is 2.66. The van der Waals surface area contributed by atoms with Crippen molar-refractivity contribution < 1.29 is 27.3 Å². The summed E-state index contributed by atoms with van der Waals surface area (Å²) in [5.74, 6) is -0.263. The molecule has 3 aromatic rings. The number of hydrogen-bond donors (Lipinski definition) is 1. The van der Waals surface area contributed by atoms with Crippen LogP contribution in [0.3, 0.4) is 0 Å². The molecule has 0 fully saturated rings. The maximum Gasteiger partial charge on any atom is 0.307 e. The van der Waals surface area contributed by atoms with Gasteiger partial charge < -0.3 is 9.26 Å². The maximum atomic E-state index is 12.3. The van der Waals surface area contributed by atoms with Gasteiger partial charge in [-0.3, -0.25) is 9.59 Å². The lowest BCUT2D eigenvalue weighted by Crippen LogP contribution is -2.26. The highest BCUT2D eigenvalue weighted by atomic mass is 32.2. The number of Topliss-reactive ketones (excluding diaryl/α,β-unsaturated/α-hetero) is 1. The number of rotatable bonds is 9. The van der Waals surface area contributed by atoms with Gasteiger partial charge in [-0.25, -0.2) is 13.1 Å². The number of aryl methyl sites for hydroxylation is 1. The summed E-state index contributed by atoms with van der Waals surface area (Å²) >= 11 is 0. The molecule has 1 heterocycles. The zero-order valence-corrected chi connectivity index (χ0v) is 17.8. The third kappa shape index (κ3) is 6.06. The van der Waals surface area contributed by atoms with Crippen LogP contribution in [0.1, 0.15) is 35.2 Å². The number of hydrogen-bond acceptors (Lipinski definition) is 8. The van der Waals surface area contributed by atoms with Gasteiger partial charge in [0.05, 0.1) is 11.3 Å². The molecule has 2 aromatic carbocycles. The molecule has 10 heteroatoms. The molecule has 0 atom stereocenters. The summed E-state index contributed by atoms with van der Waals surface area (Å²) in [5, 5.41) is 3.85. The molecule has 0 bridgehead atoms. The number of benzene rings is 2. The highest BCUT2D eigenvalue weighted by Gasteiger charge is 2.16. The van der Waals surface area contributed by atoms with E-state index >= 15 is 0 Å². The van der Waals surface area contributed by atoms with Gasteiger partial charge in [0.2, 0.25) is 15.8 Å². The van der Waals surface area contributed by atoms with E-state index in [0.717, 1.165) is 11.1 Å². The Morgan fingerprint density at radius 3 is 2.39 bits per heavy atom. The molecule has 9 nitrogen and oxygen atoms in total. The molecule has 1 aromatic heterocycles. The standard InChI is InChI=1S/C21H21N3O6S/c1-14-3-5-17(6-4-14)21-23-19(30-24-21)13-29-20(26)11-12-22-31(27,28)18-9-7-16(8-10-18)15(2)25/h3-10,22H,11-13H2,1-2H3. The summed E-state index contributed by atoms with van der Waals surface area (Å²) in [6.07, 6.45) is -0.177. The Bertz CT molecular complexity index is 1170. The van der Waals surface area contributed by atoms with Crippen LogP contribution in [0.5, 0.6) is 0 Å². The number of carbonyl (C=O) groups is 2. The quantitative estimate of drug-likeness (QED) is 0.395. The van der Waals surface area contributed by atoms with Crippen molar-refractivity contribution in [1.82, 2.24) is 14.9 Å². The lowest BCUT2D eigenvalue weighted by molar-refractivity contribution is -0.145. The van der Waals surface area contributed by atoms with E-state index < -0.39 is 16.0 Å². The number of nitrogens with zero attached hydrogens (tertiary/aromatic N) is 2. The largest absolute Gasteiger partial charge is 0.456 e. The van der Waals surface area contributed by atoms with Crippen molar-refractivity contribution in [2.24, 2.45) is 0 Å². The van der Waals surface area contributed by atoms with Crippen LogP contribution in [0.15, 0.2) is 57.9 Å². The van der Waals surface area contributed by atoms with E-state index in [0.29, 0.717) is 11.4 Å². The first-order chi connectivity index (χ1) is 14.7. The fourth-order valence-electron chi connectivity index (χ4n) is 2.59. The van der Waals surface area contributed by atoms with Gasteiger partial charge in [-0.2, -0.15) is 4.98 Å². The minimum atomic E-state index is -3.81. The zero-order chi connectivity index (χ0) is 22.4. The Morgan fingerprint density at radius 2 is 1.74 bits per heavy atom. The van der Waals surface area contributed by atoms with Crippen LogP contribution in [0.4, 0.5) is 0 Å². The Hall–Kier alpha value is -3.37. The van der Waals surface area contributed by atoms with E-state index in [9.17, 15) is 18.0 Å². The van der Waals surface area contributed by atoms with Crippen LogP contribution in [0, 0.1) is 6.92 Å². The second-order valence-electron chi connectivity index (χ2n) is 6.77. The van der Waals surface area contributed by atoms with Crippen LogP contribution in [-0.4, -0.2) is 36.9 Å². The molecule has 0 aliphatic rings. The lowest BCUT2D eigenvalue weighted by Gasteiger charge is -2.07. The van der Waals surface area contributed by atoms with Crippen LogP contribution in [0.2, 0.25) is 0 Å². The van der Waals surface area contributed by atoms with Crippen molar-refractivity contribution in [3.05, 3.63) is 65.5 Å². The molecule has 0 saturated carbocycles. The molecule has 0 amide bonds. The maximum absolute atomic E-state index is 12.3. The average molecular weight is 443 g/mol. The first kappa shape index (κ1) is 22.3. The van der Waals surface area contributed by atoms with Crippen molar-refractivity contribution in [3.8, 4) is 11.4 Å². The smallest absolute Gasteiger partial charge is 0.307 e. The number of ether oxygens (including phenoxy) is 1. The molecule has 162 valence electrons. The monoisotopic (exact) mass is 443 g/mol.